The van der Waals surface area contributed by atoms with Gasteiger partial charge in [0.2, 0.25) is 0 Å². The van der Waals surface area contributed by atoms with E-state index in [1.165, 1.54) is 40.9 Å². The molecule has 3 rings (SSSR count). The molecule has 0 saturated heterocycles. The molecule has 1 fully saturated rings. The van der Waals surface area contributed by atoms with E-state index in [1.54, 1.807) is 0 Å². The number of thiazole rings is 1. The van der Waals surface area contributed by atoms with Gasteiger partial charge in [0.05, 0.1) is 15.2 Å². The van der Waals surface area contributed by atoms with Gasteiger partial charge >= 0.3 is 0 Å². The van der Waals surface area contributed by atoms with Gasteiger partial charge in [-0.25, -0.2) is 4.98 Å². The highest BCUT2D eigenvalue weighted by Crippen LogP contribution is 2.38. The second kappa shape index (κ2) is 4.17. The predicted octanol–water partition coefficient (Wildman–Crippen LogP) is 4.59. The van der Waals surface area contributed by atoms with E-state index < -0.39 is 0 Å². The van der Waals surface area contributed by atoms with Gasteiger partial charge in [-0.2, -0.15) is 0 Å². The molecule has 84 valence electrons. The van der Waals surface area contributed by atoms with Crippen molar-refractivity contribution in [1.82, 2.24) is 4.98 Å². The lowest BCUT2D eigenvalue weighted by molar-refractivity contribution is 0.347. The SMILES string of the molecule is CC1CCC(c2nc3ccccc3s2)CC1. The van der Waals surface area contributed by atoms with E-state index in [4.69, 9.17) is 4.98 Å². The zero-order valence-corrected chi connectivity index (χ0v) is 10.5. The average molecular weight is 231 g/mol. The molecule has 0 atom stereocenters. The molecule has 1 aromatic heterocycles. The highest BCUT2D eigenvalue weighted by molar-refractivity contribution is 7.18. The molecule has 1 heterocycles. The Balaban J connectivity index is 1.88. The number of hydrogen-bond acceptors (Lipinski definition) is 2. The van der Waals surface area contributed by atoms with Crippen LogP contribution in [0, 0.1) is 5.92 Å². The maximum atomic E-state index is 4.78. The van der Waals surface area contributed by atoms with Crippen LogP contribution in [0.5, 0.6) is 0 Å². The third-order valence-corrected chi connectivity index (χ3v) is 4.87. The molecule has 1 aromatic carbocycles. The molecule has 1 aliphatic carbocycles. The second-order valence-electron chi connectivity index (χ2n) is 4.98. The molecule has 1 saturated carbocycles. The fourth-order valence-electron chi connectivity index (χ4n) is 2.57. The Morgan fingerprint density at radius 1 is 1.12 bits per heavy atom. The zero-order valence-electron chi connectivity index (χ0n) is 9.65. The van der Waals surface area contributed by atoms with Crippen molar-refractivity contribution in [2.45, 2.75) is 38.5 Å². The van der Waals surface area contributed by atoms with Crippen molar-refractivity contribution >= 4 is 21.6 Å². The summed E-state index contributed by atoms with van der Waals surface area (Å²) in [5.41, 5.74) is 1.18. The number of nitrogens with zero attached hydrogens (tertiary/aromatic N) is 1. The largest absolute Gasteiger partial charge is 0.241 e. The number of benzene rings is 1. The Labute approximate surface area is 101 Å². The topological polar surface area (TPSA) is 12.9 Å². The van der Waals surface area contributed by atoms with Crippen LogP contribution in [-0.2, 0) is 0 Å². The third-order valence-electron chi connectivity index (χ3n) is 3.68. The Morgan fingerprint density at radius 3 is 2.62 bits per heavy atom. The zero-order chi connectivity index (χ0) is 11.0. The first-order valence-corrected chi connectivity index (χ1v) is 7.00. The van der Waals surface area contributed by atoms with Crippen molar-refractivity contribution in [1.29, 1.82) is 0 Å². The van der Waals surface area contributed by atoms with E-state index in [2.05, 4.69) is 31.2 Å². The lowest BCUT2D eigenvalue weighted by Gasteiger charge is -2.24. The van der Waals surface area contributed by atoms with Gasteiger partial charge in [0.25, 0.3) is 0 Å². The van der Waals surface area contributed by atoms with Crippen molar-refractivity contribution < 1.29 is 0 Å². The van der Waals surface area contributed by atoms with Gasteiger partial charge in [-0.05, 0) is 30.9 Å². The maximum absolute atomic E-state index is 4.78. The predicted molar refractivity (Wildman–Crippen MR) is 70.0 cm³/mol. The summed E-state index contributed by atoms with van der Waals surface area (Å²) in [5.74, 6) is 1.65. The van der Waals surface area contributed by atoms with Gasteiger partial charge < -0.3 is 0 Å². The second-order valence-corrected chi connectivity index (χ2v) is 6.04. The van der Waals surface area contributed by atoms with E-state index in [9.17, 15) is 0 Å². The first kappa shape index (κ1) is 10.3. The summed E-state index contributed by atoms with van der Waals surface area (Å²) in [6, 6.07) is 8.49. The van der Waals surface area contributed by atoms with Crippen molar-refractivity contribution in [2.24, 2.45) is 5.92 Å². The first-order chi connectivity index (χ1) is 7.83. The molecule has 0 N–H and O–H groups in total. The van der Waals surface area contributed by atoms with Crippen LogP contribution in [0.2, 0.25) is 0 Å². The van der Waals surface area contributed by atoms with Crippen LogP contribution < -0.4 is 0 Å². The Bertz CT molecular complexity index is 447. The summed E-state index contributed by atoms with van der Waals surface area (Å²) < 4.78 is 1.34. The first-order valence-electron chi connectivity index (χ1n) is 6.18. The van der Waals surface area contributed by atoms with E-state index in [0.29, 0.717) is 0 Å². The molecular weight excluding hydrogens is 214 g/mol. The summed E-state index contributed by atoms with van der Waals surface area (Å²) in [4.78, 5) is 4.78. The highest BCUT2D eigenvalue weighted by atomic mass is 32.1. The summed E-state index contributed by atoms with van der Waals surface area (Å²) in [5, 5.41) is 1.37. The molecule has 0 amide bonds. The third kappa shape index (κ3) is 1.86. The molecular formula is C14H17NS. The van der Waals surface area contributed by atoms with Gasteiger partial charge in [0.1, 0.15) is 0 Å². The van der Waals surface area contributed by atoms with Crippen LogP contribution in [-0.4, -0.2) is 4.98 Å². The number of rotatable bonds is 1. The van der Waals surface area contributed by atoms with Gasteiger partial charge in [-0.1, -0.05) is 31.9 Å². The smallest absolute Gasteiger partial charge is 0.0969 e. The fourth-order valence-corrected chi connectivity index (χ4v) is 3.71. The highest BCUT2D eigenvalue weighted by Gasteiger charge is 2.22. The minimum absolute atomic E-state index is 0.730. The molecule has 2 heteroatoms. The minimum Gasteiger partial charge on any atom is -0.241 e. The number of fused-ring (bicyclic) bond motifs is 1. The average Bonchev–Trinajstić information content (AvgIpc) is 2.73. The van der Waals surface area contributed by atoms with E-state index in [0.717, 1.165) is 11.8 Å². The van der Waals surface area contributed by atoms with Crippen LogP contribution in [0.3, 0.4) is 0 Å². The molecule has 0 radical (unpaired) electrons. The quantitative estimate of drug-likeness (QED) is 0.699. The molecule has 0 aliphatic heterocycles. The molecule has 2 aromatic rings. The summed E-state index contributed by atoms with van der Waals surface area (Å²) in [6.07, 6.45) is 5.42. The number of para-hydroxylation sites is 1. The molecule has 0 bridgehead atoms. The van der Waals surface area contributed by atoms with Gasteiger partial charge in [0.15, 0.2) is 0 Å². The van der Waals surface area contributed by atoms with Crippen LogP contribution in [0.25, 0.3) is 10.2 Å². The molecule has 0 spiro atoms. The lowest BCUT2D eigenvalue weighted by atomic mass is 9.83. The van der Waals surface area contributed by atoms with Crippen LogP contribution in [0.15, 0.2) is 24.3 Å². The van der Waals surface area contributed by atoms with Gasteiger partial charge in [0, 0.05) is 5.92 Å². The Morgan fingerprint density at radius 2 is 1.88 bits per heavy atom. The molecule has 0 unspecified atom stereocenters. The van der Waals surface area contributed by atoms with Crippen molar-refractivity contribution in [3.8, 4) is 0 Å². The van der Waals surface area contributed by atoms with Crippen molar-refractivity contribution in [3.63, 3.8) is 0 Å². The van der Waals surface area contributed by atoms with Gasteiger partial charge in [-0.3, -0.25) is 0 Å². The Hall–Kier alpha value is -0.890. The summed E-state index contributed by atoms with van der Waals surface area (Å²) in [7, 11) is 0. The molecule has 1 nitrogen and oxygen atoms in total. The van der Waals surface area contributed by atoms with Gasteiger partial charge in [-0.15, -0.1) is 11.3 Å². The normalized spacial score (nSPS) is 26.1. The Kier molecular flexibility index (Phi) is 2.68. The van der Waals surface area contributed by atoms with Crippen LogP contribution >= 0.6 is 11.3 Å². The standard InChI is InChI=1S/C14H17NS/c1-10-6-8-11(9-7-10)14-15-12-4-2-3-5-13(12)16-14/h2-5,10-11H,6-9H2,1H3. The van der Waals surface area contributed by atoms with Crippen molar-refractivity contribution in [3.05, 3.63) is 29.3 Å². The maximum Gasteiger partial charge on any atom is 0.0969 e. The summed E-state index contributed by atoms with van der Waals surface area (Å²) in [6.45, 7) is 2.37. The minimum atomic E-state index is 0.730. The molecule has 16 heavy (non-hydrogen) atoms. The number of hydrogen-bond donors (Lipinski definition) is 0. The van der Waals surface area contributed by atoms with E-state index in [1.807, 2.05) is 11.3 Å². The molecule has 1 aliphatic rings. The summed E-state index contributed by atoms with van der Waals surface area (Å²) >= 11 is 1.89. The van der Waals surface area contributed by atoms with E-state index in [-0.39, 0.29) is 0 Å². The van der Waals surface area contributed by atoms with Crippen molar-refractivity contribution in [2.75, 3.05) is 0 Å². The monoisotopic (exact) mass is 231 g/mol. The van der Waals surface area contributed by atoms with E-state index >= 15 is 0 Å². The number of aromatic nitrogens is 1. The fraction of sp³-hybridized carbons (Fsp3) is 0.500. The lowest BCUT2D eigenvalue weighted by Crippen LogP contribution is -2.10. The van der Waals surface area contributed by atoms with Crippen LogP contribution in [0.1, 0.15) is 43.5 Å². The van der Waals surface area contributed by atoms with Crippen LogP contribution in [0.4, 0.5) is 0 Å².